The van der Waals surface area contributed by atoms with E-state index < -0.39 is 0 Å². The highest BCUT2D eigenvalue weighted by Crippen LogP contribution is 2.91. The van der Waals surface area contributed by atoms with Crippen molar-refractivity contribution in [2.75, 3.05) is 0 Å². The highest BCUT2D eigenvalue weighted by Gasteiger charge is 2.86. The Morgan fingerprint density at radius 1 is 0.867 bits per heavy atom. The Kier molecular flexibility index (Phi) is 1.24. The second kappa shape index (κ2) is 2.05. The third kappa shape index (κ3) is 0.666. The molecule has 0 aromatic carbocycles. The summed E-state index contributed by atoms with van der Waals surface area (Å²) in [6.45, 7) is 10.4. The van der Waals surface area contributed by atoms with E-state index in [0.717, 1.165) is 34.5 Å². The minimum atomic E-state index is 0.649. The van der Waals surface area contributed by atoms with E-state index in [1.165, 1.54) is 19.3 Å². The van der Waals surface area contributed by atoms with Gasteiger partial charge >= 0.3 is 0 Å². The molecule has 0 aliphatic heterocycles. The highest BCUT2D eigenvalue weighted by atomic mass is 14.9. The number of hydrogen-bond donors (Lipinski definition) is 0. The topological polar surface area (TPSA) is 0 Å². The number of hydrogen-bond acceptors (Lipinski definition) is 0. The quantitative estimate of drug-likeness (QED) is 0.557. The van der Waals surface area contributed by atoms with Crippen molar-refractivity contribution in [3.8, 4) is 0 Å². The molecule has 0 heterocycles. The van der Waals surface area contributed by atoms with Crippen molar-refractivity contribution in [2.24, 2.45) is 39.9 Å². The van der Waals surface area contributed by atoms with Crippen LogP contribution in [0.5, 0.6) is 0 Å². The summed E-state index contributed by atoms with van der Waals surface area (Å²) in [4.78, 5) is 0. The van der Waals surface area contributed by atoms with E-state index in [2.05, 4.69) is 27.7 Å². The average Bonchev–Trinajstić information content (AvgIpc) is 2.49. The van der Waals surface area contributed by atoms with E-state index in [4.69, 9.17) is 0 Å². The SMILES string of the molecule is CC1(C)CCC[C@@]2(C)[C@H]3C[C@@H]4[C@@H]([C@H]31)[C@]42C. The van der Waals surface area contributed by atoms with Crippen LogP contribution in [-0.2, 0) is 0 Å². The molecule has 0 saturated heterocycles. The van der Waals surface area contributed by atoms with E-state index in [1.807, 2.05) is 0 Å². The summed E-state index contributed by atoms with van der Waals surface area (Å²) in [6, 6.07) is 0. The second-order valence-electron chi connectivity index (χ2n) is 8.04. The first-order valence-electron chi connectivity index (χ1n) is 6.93. The molecule has 6 atom stereocenters. The molecule has 0 spiro atoms. The smallest absolute Gasteiger partial charge is 0.0204 e. The lowest BCUT2D eigenvalue weighted by atomic mass is 9.69. The van der Waals surface area contributed by atoms with E-state index in [1.54, 1.807) is 6.42 Å². The van der Waals surface area contributed by atoms with Gasteiger partial charge in [0.05, 0.1) is 0 Å². The fourth-order valence-corrected chi connectivity index (χ4v) is 6.75. The van der Waals surface area contributed by atoms with Crippen LogP contribution in [0.3, 0.4) is 0 Å². The molecule has 0 radical (unpaired) electrons. The first-order valence-corrected chi connectivity index (χ1v) is 6.93. The van der Waals surface area contributed by atoms with Crippen LogP contribution in [0, 0.1) is 39.9 Å². The maximum absolute atomic E-state index is 2.64. The summed E-state index contributed by atoms with van der Waals surface area (Å²) in [5.74, 6) is 4.44. The first kappa shape index (κ1) is 9.07. The zero-order chi connectivity index (χ0) is 10.6. The summed E-state index contributed by atoms with van der Waals surface area (Å²) in [6.07, 6.45) is 6.10. The maximum atomic E-state index is 2.64. The predicted molar refractivity (Wildman–Crippen MR) is 62.4 cm³/mol. The molecule has 6 bridgehead atoms. The van der Waals surface area contributed by atoms with Gasteiger partial charge in [0.2, 0.25) is 0 Å². The van der Waals surface area contributed by atoms with Gasteiger partial charge < -0.3 is 0 Å². The van der Waals surface area contributed by atoms with Crippen molar-refractivity contribution < 1.29 is 0 Å². The molecule has 5 saturated carbocycles. The monoisotopic (exact) mass is 204 g/mol. The molecule has 5 rings (SSSR count). The van der Waals surface area contributed by atoms with Crippen LogP contribution in [-0.4, -0.2) is 0 Å². The number of rotatable bonds is 0. The molecule has 0 aromatic heterocycles. The minimum absolute atomic E-state index is 0.649. The molecule has 0 amide bonds. The zero-order valence-corrected chi connectivity index (χ0v) is 10.6. The van der Waals surface area contributed by atoms with Crippen LogP contribution in [0.2, 0.25) is 0 Å². The van der Waals surface area contributed by atoms with Crippen molar-refractivity contribution in [3.63, 3.8) is 0 Å². The van der Waals surface area contributed by atoms with Crippen LogP contribution in [0.4, 0.5) is 0 Å². The largest absolute Gasteiger partial charge is 0.0596 e. The van der Waals surface area contributed by atoms with Crippen LogP contribution in [0.15, 0.2) is 0 Å². The van der Waals surface area contributed by atoms with E-state index >= 15 is 0 Å². The van der Waals surface area contributed by atoms with Crippen LogP contribution in [0.1, 0.15) is 53.4 Å². The van der Waals surface area contributed by atoms with Gasteiger partial charge in [0.1, 0.15) is 0 Å². The average molecular weight is 204 g/mol. The van der Waals surface area contributed by atoms with Crippen LogP contribution in [0.25, 0.3) is 0 Å². The third-order valence-electron chi connectivity index (χ3n) is 7.58. The third-order valence-corrected chi connectivity index (χ3v) is 7.58. The summed E-state index contributed by atoms with van der Waals surface area (Å²) in [5, 5.41) is 0. The lowest BCUT2D eigenvalue weighted by Gasteiger charge is -2.35. The zero-order valence-electron chi connectivity index (χ0n) is 10.6. The Balaban J connectivity index is 1.89. The fraction of sp³-hybridized carbons (Fsp3) is 1.00. The molecule has 0 nitrogen and oxygen atoms in total. The fourth-order valence-electron chi connectivity index (χ4n) is 6.75. The maximum Gasteiger partial charge on any atom is -0.0204 e. The molecule has 0 N–H and O–H groups in total. The molecule has 0 unspecified atom stereocenters. The van der Waals surface area contributed by atoms with Gasteiger partial charge in [-0.1, -0.05) is 34.1 Å². The van der Waals surface area contributed by atoms with Gasteiger partial charge in [0.15, 0.2) is 0 Å². The first-order chi connectivity index (χ1) is 6.93. The Morgan fingerprint density at radius 2 is 1.60 bits per heavy atom. The van der Waals surface area contributed by atoms with Crippen molar-refractivity contribution in [1.82, 2.24) is 0 Å². The van der Waals surface area contributed by atoms with E-state index in [-0.39, 0.29) is 0 Å². The van der Waals surface area contributed by atoms with Gasteiger partial charge in [0.25, 0.3) is 0 Å². The molecule has 5 fully saturated rings. The van der Waals surface area contributed by atoms with Gasteiger partial charge in [0, 0.05) is 0 Å². The van der Waals surface area contributed by atoms with Crippen molar-refractivity contribution in [3.05, 3.63) is 0 Å². The highest BCUT2D eigenvalue weighted by molar-refractivity contribution is 5.33. The van der Waals surface area contributed by atoms with E-state index in [9.17, 15) is 0 Å². The molecule has 0 aromatic rings. The lowest BCUT2D eigenvalue weighted by molar-refractivity contribution is 0.127. The predicted octanol–water partition coefficient (Wildman–Crippen LogP) is 4.10. The second-order valence-corrected chi connectivity index (χ2v) is 8.04. The van der Waals surface area contributed by atoms with Gasteiger partial charge in [-0.25, -0.2) is 0 Å². The molecule has 5 aliphatic rings. The Labute approximate surface area is 93.8 Å². The molecule has 84 valence electrons. The minimum Gasteiger partial charge on any atom is -0.0596 e. The molecule has 5 aliphatic carbocycles. The van der Waals surface area contributed by atoms with Crippen molar-refractivity contribution in [2.45, 2.75) is 53.4 Å². The van der Waals surface area contributed by atoms with Gasteiger partial charge in [-0.05, 0) is 59.2 Å². The molecule has 15 heavy (non-hydrogen) atoms. The Morgan fingerprint density at radius 3 is 2.27 bits per heavy atom. The lowest BCUT2D eigenvalue weighted by Crippen LogP contribution is -2.29. The Bertz CT molecular complexity index is 342. The standard InChI is InChI=1S/C15H24/c1-13(2)6-5-7-14(3)9-8-10-12(11(9)13)15(10,14)4/h9-12H,5-8H2,1-4H3/t9-,10+,11-,12-,14-,15-/m0/s1. The summed E-state index contributed by atoms with van der Waals surface area (Å²) >= 11 is 0. The Hall–Kier alpha value is 0. The van der Waals surface area contributed by atoms with Crippen molar-refractivity contribution in [1.29, 1.82) is 0 Å². The summed E-state index contributed by atoms with van der Waals surface area (Å²) in [7, 11) is 0. The van der Waals surface area contributed by atoms with Gasteiger partial charge in [-0.3, -0.25) is 0 Å². The summed E-state index contributed by atoms with van der Waals surface area (Å²) in [5.41, 5.74) is 2.16. The van der Waals surface area contributed by atoms with Crippen LogP contribution < -0.4 is 0 Å². The van der Waals surface area contributed by atoms with E-state index in [0.29, 0.717) is 5.41 Å². The van der Waals surface area contributed by atoms with Gasteiger partial charge in [-0.15, -0.1) is 0 Å². The summed E-state index contributed by atoms with van der Waals surface area (Å²) < 4.78 is 0. The molecule has 0 heteroatoms. The van der Waals surface area contributed by atoms with Gasteiger partial charge in [-0.2, -0.15) is 0 Å². The van der Waals surface area contributed by atoms with Crippen LogP contribution >= 0.6 is 0 Å². The molecular weight excluding hydrogens is 180 g/mol. The van der Waals surface area contributed by atoms with Crippen molar-refractivity contribution >= 4 is 0 Å². The molecular formula is C15H24. The normalized spacial score (nSPS) is 68.0.